The van der Waals surface area contributed by atoms with Crippen LogP contribution in [0.5, 0.6) is 0 Å². The third kappa shape index (κ3) is 1.54. The molecule has 3 aromatic rings. The molecule has 130 valence electrons. The fraction of sp³-hybridized carbons (Fsp3) is 0.130. The molecule has 1 spiro atoms. The number of carbonyl (C=O) groups excluding carboxylic acids is 1. The van der Waals surface area contributed by atoms with Gasteiger partial charge < -0.3 is 9.47 Å². The number of hydrogen-bond donors (Lipinski definition) is 0. The van der Waals surface area contributed by atoms with Crippen molar-refractivity contribution in [2.45, 2.75) is 17.4 Å². The molecule has 0 saturated carbocycles. The van der Waals surface area contributed by atoms with Gasteiger partial charge in [-0.2, -0.15) is 0 Å². The SMILES string of the molecule is O=C1c2ccccc2-c2ccccc2C12OC1OC=NC12c1ccccc1. The van der Waals surface area contributed by atoms with Gasteiger partial charge >= 0.3 is 0 Å². The molecule has 3 atom stereocenters. The van der Waals surface area contributed by atoms with Gasteiger partial charge in [0.25, 0.3) is 0 Å². The van der Waals surface area contributed by atoms with Crippen LogP contribution >= 0.6 is 0 Å². The molecule has 0 aromatic heterocycles. The van der Waals surface area contributed by atoms with Gasteiger partial charge in [-0.25, -0.2) is 4.99 Å². The van der Waals surface area contributed by atoms with Crippen molar-refractivity contribution in [1.82, 2.24) is 0 Å². The van der Waals surface area contributed by atoms with Gasteiger partial charge in [0.15, 0.2) is 17.5 Å². The Balaban J connectivity index is 1.70. The first-order valence-electron chi connectivity index (χ1n) is 8.95. The van der Waals surface area contributed by atoms with Crippen LogP contribution in [0.25, 0.3) is 11.1 Å². The Morgan fingerprint density at radius 2 is 1.44 bits per heavy atom. The van der Waals surface area contributed by atoms with Crippen LogP contribution in [-0.4, -0.2) is 18.5 Å². The Hall–Kier alpha value is -3.24. The van der Waals surface area contributed by atoms with Gasteiger partial charge in [-0.15, -0.1) is 0 Å². The zero-order chi connectivity index (χ0) is 18.1. The maximum absolute atomic E-state index is 13.9. The third-order valence-corrected chi connectivity index (χ3v) is 5.90. The molecular formula is C23H15NO3. The van der Waals surface area contributed by atoms with Gasteiger partial charge in [0.2, 0.25) is 12.1 Å². The Bertz CT molecular complexity index is 1120. The quantitative estimate of drug-likeness (QED) is 0.663. The van der Waals surface area contributed by atoms with E-state index in [0.717, 1.165) is 22.3 Å². The second kappa shape index (κ2) is 4.93. The van der Waals surface area contributed by atoms with Gasteiger partial charge in [0.1, 0.15) is 0 Å². The molecule has 1 fully saturated rings. The number of nitrogens with zero attached hydrogens (tertiary/aromatic N) is 1. The van der Waals surface area contributed by atoms with Crippen molar-refractivity contribution in [3.8, 4) is 11.1 Å². The number of aliphatic imine (C=N–C) groups is 1. The average molecular weight is 353 g/mol. The van der Waals surface area contributed by atoms with E-state index in [1.807, 2.05) is 78.9 Å². The fourth-order valence-electron chi connectivity index (χ4n) is 4.74. The predicted molar refractivity (Wildman–Crippen MR) is 100 cm³/mol. The largest absolute Gasteiger partial charge is 0.452 e. The Morgan fingerprint density at radius 3 is 2.22 bits per heavy atom. The molecule has 4 heteroatoms. The minimum Gasteiger partial charge on any atom is -0.452 e. The van der Waals surface area contributed by atoms with E-state index >= 15 is 0 Å². The second-order valence-electron chi connectivity index (χ2n) is 7.05. The van der Waals surface area contributed by atoms with E-state index < -0.39 is 17.4 Å². The van der Waals surface area contributed by atoms with Gasteiger partial charge in [-0.3, -0.25) is 4.79 Å². The molecule has 0 N–H and O–H groups in total. The number of Topliss-reactive ketones (excluding diaryl/α,β-unsaturated/α-hetero) is 1. The summed E-state index contributed by atoms with van der Waals surface area (Å²) in [7, 11) is 0. The first kappa shape index (κ1) is 14.9. The molecule has 0 bridgehead atoms. The van der Waals surface area contributed by atoms with Crippen LogP contribution in [0.1, 0.15) is 21.5 Å². The molecule has 0 radical (unpaired) electrons. The summed E-state index contributed by atoms with van der Waals surface area (Å²) >= 11 is 0. The lowest BCUT2D eigenvalue weighted by Gasteiger charge is -2.58. The van der Waals surface area contributed by atoms with Gasteiger partial charge in [-0.05, 0) is 16.7 Å². The number of fused-ring (bicyclic) bond motifs is 6. The molecule has 3 unspecified atom stereocenters. The lowest BCUT2D eigenvalue weighted by molar-refractivity contribution is -0.316. The average Bonchev–Trinajstić information content (AvgIpc) is 3.07. The minimum absolute atomic E-state index is 0.0699. The first-order valence-corrected chi connectivity index (χ1v) is 8.95. The number of ether oxygens (including phenoxy) is 2. The highest BCUT2D eigenvalue weighted by atomic mass is 16.7. The zero-order valence-electron chi connectivity index (χ0n) is 14.3. The summed E-state index contributed by atoms with van der Waals surface area (Å²) in [5.41, 5.74) is 2.21. The van der Waals surface area contributed by atoms with E-state index in [1.165, 1.54) is 6.40 Å². The second-order valence-corrected chi connectivity index (χ2v) is 7.05. The molecule has 6 rings (SSSR count). The van der Waals surface area contributed by atoms with E-state index in [0.29, 0.717) is 5.56 Å². The zero-order valence-corrected chi connectivity index (χ0v) is 14.3. The normalized spacial score (nSPS) is 29.5. The van der Waals surface area contributed by atoms with Crippen LogP contribution in [0.2, 0.25) is 0 Å². The fourth-order valence-corrected chi connectivity index (χ4v) is 4.74. The highest BCUT2D eigenvalue weighted by Gasteiger charge is 2.77. The van der Waals surface area contributed by atoms with E-state index in [-0.39, 0.29) is 5.78 Å². The maximum Gasteiger partial charge on any atom is 0.235 e. The molecule has 4 nitrogen and oxygen atoms in total. The van der Waals surface area contributed by atoms with Crippen molar-refractivity contribution in [2.75, 3.05) is 0 Å². The molecule has 1 saturated heterocycles. The standard InChI is InChI=1S/C23H15NO3/c25-20-18-12-5-4-10-16(18)17-11-6-7-13-19(17)23(20)22(15-8-2-1-3-9-15)21(27-23)26-14-24-22/h1-14,21H. The summed E-state index contributed by atoms with van der Waals surface area (Å²) in [6.45, 7) is 0. The number of carbonyl (C=O) groups is 1. The van der Waals surface area contributed by atoms with Crippen molar-refractivity contribution in [2.24, 2.45) is 4.99 Å². The van der Waals surface area contributed by atoms with E-state index in [1.54, 1.807) is 0 Å². The number of benzene rings is 3. The summed E-state index contributed by atoms with van der Waals surface area (Å²) in [6, 6.07) is 25.5. The third-order valence-electron chi connectivity index (χ3n) is 5.90. The summed E-state index contributed by atoms with van der Waals surface area (Å²) in [4.78, 5) is 18.6. The summed E-state index contributed by atoms with van der Waals surface area (Å²) in [5, 5.41) is 0. The number of rotatable bonds is 1. The Morgan fingerprint density at radius 1 is 0.778 bits per heavy atom. The molecular weight excluding hydrogens is 338 g/mol. The first-order chi connectivity index (χ1) is 13.3. The summed E-state index contributed by atoms with van der Waals surface area (Å²) < 4.78 is 11.9. The van der Waals surface area contributed by atoms with Crippen LogP contribution in [0.15, 0.2) is 83.9 Å². The van der Waals surface area contributed by atoms with Crippen molar-refractivity contribution < 1.29 is 14.3 Å². The van der Waals surface area contributed by atoms with Crippen molar-refractivity contribution in [3.63, 3.8) is 0 Å². The summed E-state index contributed by atoms with van der Waals surface area (Å²) in [6.07, 6.45) is 0.810. The van der Waals surface area contributed by atoms with Crippen LogP contribution in [0.4, 0.5) is 0 Å². The number of ketones is 1. The van der Waals surface area contributed by atoms with E-state index in [2.05, 4.69) is 0 Å². The molecule has 2 heterocycles. The van der Waals surface area contributed by atoms with Gasteiger partial charge in [0, 0.05) is 11.1 Å². The van der Waals surface area contributed by atoms with Gasteiger partial charge in [-0.1, -0.05) is 78.9 Å². The lowest BCUT2D eigenvalue weighted by Crippen LogP contribution is -2.71. The lowest BCUT2D eigenvalue weighted by atomic mass is 9.59. The van der Waals surface area contributed by atoms with E-state index in [4.69, 9.17) is 14.5 Å². The van der Waals surface area contributed by atoms with Crippen molar-refractivity contribution >= 4 is 12.2 Å². The molecule has 1 aliphatic carbocycles. The smallest absolute Gasteiger partial charge is 0.235 e. The monoisotopic (exact) mass is 353 g/mol. The Labute approximate surface area is 156 Å². The summed E-state index contributed by atoms with van der Waals surface area (Å²) in [5.74, 6) is -0.0699. The molecule has 0 amide bonds. The highest BCUT2D eigenvalue weighted by molar-refractivity contribution is 6.13. The number of hydrogen-bond acceptors (Lipinski definition) is 4. The minimum atomic E-state index is -1.23. The highest BCUT2D eigenvalue weighted by Crippen LogP contribution is 2.64. The van der Waals surface area contributed by atoms with Crippen LogP contribution in [0.3, 0.4) is 0 Å². The van der Waals surface area contributed by atoms with Crippen molar-refractivity contribution in [1.29, 1.82) is 0 Å². The molecule has 27 heavy (non-hydrogen) atoms. The van der Waals surface area contributed by atoms with Crippen LogP contribution in [0, 0.1) is 0 Å². The Kier molecular flexibility index (Phi) is 2.72. The van der Waals surface area contributed by atoms with Gasteiger partial charge in [0.05, 0.1) is 0 Å². The van der Waals surface area contributed by atoms with E-state index in [9.17, 15) is 4.79 Å². The topological polar surface area (TPSA) is 47.9 Å². The maximum atomic E-state index is 13.9. The van der Waals surface area contributed by atoms with Crippen LogP contribution in [-0.2, 0) is 20.6 Å². The molecule has 2 aliphatic heterocycles. The predicted octanol–water partition coefficient (Wildman–Crippen LogP) is 4.06. The molecule has 3 aliphatic rings. The van der Waals surface area contributed by atoms with Crippen LogP contribution < -0.4 is 0 Å². The van der Waals surface area contributed by atoms with Crippen molar-refractivity contribution in [3.05, 3.63) is 95.6 Å². The molecule has 3 aromatic carbocycles.